The van der Waals surface area contributed by atoms with E-state index in [0.29, 0.717) is 23.8 Å². The number of nitrogens with zero attached hydrogens (tertiary/aromatic N) is 4. The molecule has 0 bridgehead atoms. The van der Waals surface area contributed by atoms with Crippen LogP contribution in [0.1, 0.15) is 47.8 Å². The van der Waals surface area contributed by atoms with E-state index in [4.69, 9.17) is 0 Å². The van der Waals surface area contributed by atoms with Crippen LogP contribution in [0.5, 0.6) is 0 Å². The summed E-state index contributed by atoms with van der Waals surface area (Å²) in [5, 5.41) is 17.4. The number of aliphatic hydroxyl groups excluding tert-OH is 1. The maximum Gasteiger partial charge on any atom is 0.254 e. The van der Waals surface area contributed by atoms with Crippen LogP contribution in [0, 0.1) is 5.92 Å². The second-order valence-electron chi connectivity index (χ2n) is 6.82. The highest BCUT2D eigenvalue weighted by atomic mass is 16.3. The zero-order valence-corrected chi connectivity index (χ0v) is 13.4. The number of amides is 1. The van der Waals surface area contributed by atoms with E-state index >= 15 is 0 Å². The van der Waals surface area contributed by atoms with Crippen molar-refractivity contribution < 1.29 is 9.90 Å². The Morgan fingerprint density at radius 3 is 2.75 bits per heavy atom. The van der Waals surface area contributed by atoms with Gasteiger partial charge in [0, 0.05) is 37.3 Å². The molecular weight excluding hydrogens is 306 g/mol. The van der Waals surface area contributed by atoms with Gasteiger partial charge in [0.05, 0.1) is 17.7 Å². The van der Waals surface area contributed by atoms with E-state index in [0.717, 1.165) is 31.6 Å². The molecular formula is C17H21N5O2. The Hall–Kier alpha value is -2.28. The Morgan fingerprint density at radius 1 is 1.29 bits per heavy atom. The zero-order chi connectivity index (χ0) is 16.5. The molecule has 2 heterocycles. The van der Waals surface area contributed by atoms with Gasteiger partial charge in [0.2, 0.25) is 0 Å². The highest BCUT2D eigenvalue weighted by Gasteiger charge is 2.34. The number of hydrogen-bond acceptors (Lipinski definition) is 5. The molecule has 2 aliphatic carbocycles. The fourth-order valence-electron chi connectivity index (χ4n) is 3.35. The molecule has 0 aliphatic heterocycles. The third kappa shape index (κ3) is 3.31. The Labute approximate surface area is 140 Å². The van der Waals surface area contributed by atoms with Crippen molar-refractivity contribution in [3.8, 4) is 0 Å². The van der Waals surface area contributed by atoms with E-state index in [2.05, 4.69) is 20.4 Å². The third-order valence-electron chi connectivity index (χ3n) is 4.82. The second-order valence-corrected chi connectivity index (χ2v) is 6.82. The Bertz CT molecular complexity index is 696. The van der Waals surface area contributed by atoms with E-state index < -0.39 is 6.10 Å². The molecule has 2 aromatic heterocycles. The topological polar surface area (TPSA) is 92.9 Å². The van der Waals surface area contributed by atoms with Crippen molar-refractivity contribution in [2.24, 2.45) is 5.92 Å². The fraction of sp³-hybridized carbons (Fsp3) is 0.529. The lowest BCUT2D eigenvalue weighted by Crippen LogP contribution is -2.40. The van der Waals surface area contributed by atoms with E-state index in [-0.39, 0.29) is 11.9 Å². The second kappa shape index (κ2) is 6.32. The number of rotatable bonds is 5. The molecule has 2 N–H and O–H groups in total. The third-order valence-corrected chi connectivity index (χ3v) is 4.82. The Balaban J connectivity index is 1.34. The minimum absolute atomic E-state index is 0.221. The van der Waals surface area contributed by atoms with Crippen molar-refractivity contribution in [2.75, 3.05) is 0 Å². The normalized spacial score (nSPS) is 26.5. The molecule has 2 fully saturated rings. The summed E-state index contributed by atoms with van der Waals surface area (Å²) >= 11 is 0. The molecule has 3 atom stereocenters. The first kappa shape index (κ1) is 15.3. The number of hydrogen-bond donors (Lipinski definition) is 2. The summed E-state index contributed by atoms with van der Waals surface area (Å²) in [6.07, 6.45) is 9.98. The minimum Gasteiger partial charge on any atom is -0.391 e. The van der Waals surface area contributed by atoms with Gasteiger partial charge in [-0.2, -0.15) is 5.10 Å². The van der Waals surface area contributed by atoms with Gasteiger partial charge >= 0.3 is 0 Å². The molecule has 2 aromatic rings. The predicted molar refractivity (Wildman–Crippen MR) is 86.2 cm³/mol. The van der Waals surface area contributed by atoms with Gasteiger partial charge in [0.15, 0.2) is 0 Å². The van der Waals surface area contributed by atoms with Crippen LogP contribution in [0.15, 0.2) is 30.9 Å². The van der Waals surface area contributed by atoms with Crippen molar-refractivity contribution >= 4 is 5.91 Å². The molecule has 0 radical (unpaired) electrons. The first-order valence-electron chi connectivity index (χ1n) is 8.47. The van der Waals surface area contributed by atoms with Gasteiger partial charge < -0.3 is 10.4 Å². The minimum atomic E-state index is -0.527. The van der Waals surface area contributed by atoms with Crippen LogP contribution in [0.3, 0.4) is 0 Å². The Morgan fingerprint density at radius 2 is 2.08 bits per heavy atom. The smallest absolute Gasteiger partial charge is 0.254 e. The summed E-state index contributed by atoms with van der Waals surface area (Å²) in [5.74, 6) is 1.38. The van der Waals surface area contributed by atoms with E-state index in [9.17, 15) is 9.90 Å². The number of nitrogens with one attached hydrogen (secondary N) is 1. The number of aromatic nitrogens is 4. The summed E-state index contributed by atoms with van der Waals surface area (Å²) in [4.78, 5) is 20.9. The fourth-order valence-corrected chi connectivity index (χ4v) is 3.35. The molecule has 0 aromatic carbocycles. The molecule has 7 heteroatoms. The standard InChI is InChI=1S/C17H21N5O2/c23-15-7-11(10-22-5-1-4-20-22)6-14(15)21-17(24)13-8-18-16(19-9-13)12-2-3-12/h1,4-5,8-9,11-12,14-15,23H,2-3,6-7,10H2,(H,21,24)/t11?,14-,15-/m1/s1. The van der Waals surface area contributed by atoms with E-state index in [1.807, 2.05) is 16.9 Å². The quantitative estimate of drug-likeness (QED) is 0.858. The SMILES string of the molecule is O=C(N[C@@H]1CC(Cn2cccn2)C[C@H]1O)c1cnc(C2CC2)nc1. The van der Waals surface area contributed by atoms with Crippen molar-refractivity contribution in [1.29, 1.82) is 0 Å². The van der Waals surface area contributed by atoms with Crippen LogP contribution >= 0.6 is 0 Å². The average Bonchev–Trinajstić information content (AvgIpc) is 3.21. The maximum atomic E-state index is 12.3. The van der Waals surface area contributed by atoms with E-state index in [1.54, 1.807) is 18.6 Å². The van der Waals surface area contributed by atoms with Crippen molar-refractivity contribution in [1.82, 2.24) is 25.1 Å². The molecule has 24 heavy (non-hydrogen) atoms. The van der Waals surface area contributed by atoms with E-state index in [1.165, 1.54) is 0 Å². The molecule has 0 saturated heterocycles. The molecule has 7 nitrogen and oxygen atoms in total. The van der Waals surface area contributed by atoms with Crippen LogP contribution in [0.25, 0.3) is 0 Å². The van der Waals surface area contributed by atoms with Crippen LogP contribution in [-0.2, 0) is 6.54 Å². The van der Waals surface area contributed by atoms with Crippen molar-refractivity contribution in [3.05, 3.63) is 42.2 Å². The van der Waals surface area contributed by atoms with Gasteiger partial charge in [0.25, 0.3) is 5.91 Å². The van der Waals surface area contributed by atoms with Crippen molar-refractivity contribution in [3.63, 3.8) is 0 Å². The average molecular weight is 327 g/mol. The molecule has 2 saturated carbocycles. The largest absolute Gasteiger partial charge is 0.391 e. The van der Waals surface area contributed by atoms with Gasteiger partial charge in [-0.1, -0.05) is 0 Å². The lowest BCUT2D eigenvalue weighted by atomic mass is 10.1. The highest BCUT2D eigenvalue weighted by Crippen LogP contribution is 2.37. The van der Waals surface area contributed by atoms with Gasteiger partial charge in [-0.25, -0.2) is 9.97 Å². The number of aliphatic hydroxyl groups is 1. The van der Waals surface area contributed by atoms with Crippen LogP contribution in [-0.4, -0.2) is 42.9 Å². The molecule has 0 spiro atoms. The van der Waals surface area contributed by atoms with Crippen LogP contribution in [0.2, 0.25) is 0 Å². The van der Waals surface area contributed by atoms with Crippen LogP contribution < -0.4 is 5.32 Å². The molecule has 126 valence electrons. The number of carbonyl (C=O) groups is 1. The monoisotopic (exact) mass is 327 g/mol. The van der Waals surface area contributed by atoms with Gasteiger partial charge in [-0.15, -0.1) is 0 Å². The first-order chi connectivity index (χ1) is 11.7. The molecule has 2 aliphatic rings. The highest BCUT2D eigenvalue weighted by molar-refractivity contribution is 5.93. The summed E-state index contributed by atoms with van der Waals surface area (Å²) in [5.41, 5.74) is 0.446. The Kier molecular flexibility index (Phi) is 4.02. The summed E-state index contributed by atoms with van der Waals surface area (Å²) < 4.78 is 1.87. The van der Waals surface area contributed by atoms with Crippen molar-refractivity contribution in [2.45, 2.75) is 50.3 Å². The predicted octanol–water partition coefficient (Wildman–Crippen LogP) is 1.12. The van der Waals surface area contributed by atoms with Gasteiger partial charge in [-0.3, -0.25) is 9.48 Å². The lowest BCUT2D eigenvalue weighted by Gasteiger charge is -2.16. The maximum absolute atomic E-state index is 12.3. The first-order valence-corrected chi connectivity index (χ1v) is 8.47. The number of carbonyl (C=O) groups excluding carboxylic acids is 1. The molecule has 1 amide bonds. The summed E-state index contributed by atoms with van der Waals surface area (Å²) in [6, 6.07) is 1.65. The van der Waals surface area contributed by atoms with Crippen LogP contribution in [0.4, 0.5) is 0 Å². The van der Waals surface area contributed by atoms with Gasteiger partial charge in [0.1, 0.15) is 5.82 Å². The molecule has 4 rings (SSSR count). The summed E-state index contributed by atoms with van der Waals surface area (Å²) in [6.45, 7) is 0.760. The lowest BCUT2D eigenvalue weighted by molar-refractivity contribution is 0.0872. The zero-order valence-electron chi connectivity index (χ0n) is 13.4. The summed E-state index contributed by atoms with van der Waals surface area (Å²) in [7, 11) is 0. The van der Waals surface area contributed by atoms with Gasteiger partial charge in [-0.05, 0) is 37.7 Å². The molecule has 1 unspecified atom stereocenters.